The zero-order chi connectivity index (χ0) is 16.1. The van der Waals surface area contributed by atoms with Gasteiger partial charge in [0, 0.05) is 0 Å². The number of allylic oxidation sites excluding steroid dienone is 1. The Morgan fingerprint density at radius 3 is 2.67 bits per heavy atom. The van der Waals surface area contributed by atoms with Gasteiger partial charge in [-0.05, 0) is 37.9 Å². The largest absolute Gasteiger partial charge is 0.445 e. The molecule has 0 aromatic carbocycles. The van der Waals surface area contributed by atoms with Crippen LogP contribution in [0.15, 0.2) is 24.9 Å². The molecule has 0 heterocycles. The van der Waals surface area contributed by atoms with Gasteiger partial charge in [-0.1, -0.05) is 32.6 Å². The number of hydrogen-bond donors (Lipinski definition) is 3. The molecule has 0 aliphatic rings. The third-order valence-electron chi connectivity index (χ3n) is 2.57. The van der Waals surface area contributed by atoms with E-state index >= 15 is 0 Å². The average molecular weight is 297 g/mol. The number of amides is 2. The fraction of sp³-hybridized carbons (Fsp3) is 0.600. The second-order valence-electron chi connectivity index (χ2n) is 5.06. The van der Waals surface area contributed by atoms with Crippen molar-refractivity contribution in [3.63, 3.8) is 0 Å². The zero-order valence-corrected chi connectivity index (χ0v) is 12.9. The van der Waals surface area contributed by atoms with E-state index in [-0.39, 0.29) is 18.4 Å². The summed E-state index contributed by atoms with van der Waals surface area (Å²) < 4.78 is 4.83. The monoisotopic (exact) mass is 297 g/mol. The number of rotatable bonds is 10. The van der Waals surface area contributed by atoms with E-state index in [9.17, 15) is 9.59 Å². The Bertz CT molecular complexity index is 354. The minimum Gasteiger partial charge on any atom is -0.445 e. The Hall–Kier alpha value is -1.82. The Morgan fingerprint density at radius 1 is 1.38 bits per heavy atom. The molecule has 21 heavy (non-hydrogen) atoms. The van der Waals surface area contributed by atoms with Crippen molar-refractivity contribution in [3.05, 3.63) is 24.9 Å². The number of hydrogen-bond acceptors (Lipinski definition) is 4. The Labute approximate surface area is 126 Å². The summed E-state index contributed by atoms with van der Waals surface area (Å²) in [6, 6.07) is -0.624. The smallest absolute Gasteiger partial charge is 0.408 e. The van der Waals surface area contributed by atoms with E-state index in [0.717, 1.165) is 12.8 Å². The molecular weight excluding hydrogens is 270 g/mol. The molecule has 0 spiro atoms. The Kier molecular flexibility index (Phi) is 10.9. The summed E-state index contributed by atoms with van der Waals surface area (Å²) in [5.41, 5.74) is 5.38. The van der Waals surface area contributed by atoms with E-state index in [1.165, 1.54) is 6.08 Å². The van der Waals surface area contributed by atoms with Gasteiger partial charge >= 0.3 is 6.09 Å². The van der Waals surface area contributed by atoms with Gasteiger partial charge in [-0.25, -0.2) is 4.79 Å². The van der Waals surface area contributed by atoms with Crippen LogP contribution >= 0.6 is 0 Å². The molecular formula is C15H27N3O3. The van der Waals surface area contributed by atoms with Crippen molar-refractivity contribution in [1.29, 1.82) is 0 Å². The maximum atomic E-state index is 12.0. The van der Waals surface area contributed by atoms with Crippen LogP contribution in [0.25, 0.3) is 0 Å². The number of nitrogens with two attached hydrogens (primary N) is 1. The highest BCUT2D eigenvalue weighted by Crippen LogP contribution is 2.05. The zero-order valence-electron chi connectivity index (χ0n) is 12.9. The summed E-state index contributed by atoms with van der Waals surface area (Å²) in [5, 5.41) is 5.22. The van der Waals surface area contributed by atoms with E-state index in [0.29, 0.717) is 13.0 Å². The van der Waals surface area contributed by atoms with Gasteiger partial charge in [0.1, 0.15) is 12.6 Å². The summed E-state index contributed by atoms with van der Waals surface area (Å²) in [6.07, 6.45) is 6.48. The molecule has 0 bridgehead atoms. The van der Waals surface area contributed by atoms with Gasteiger partial charge in [0.2, 0.25) is 5.91 Å². The van der Waals surface area contributed by atoms with Crippen molar-refractivity contribution in [2.24, 2.45) is 11.7 Å². The number of ether oxygens (including phenoxy) is 1. The molecule has 120 valence electrons. The SMILES string of the molecule is C=CCOC(=O)N[C@H](CC(C)C)C(=O)N/C=C/CCCN. The van der Waals surface area contributed by atoms with Gasteiger partial charge in [0.05, 0.1) is 0 Å². The minimum atomic E-state index is -0.624. The predicted octanol–water partition coefficient (Wildman–Crippen LogP) is 1.68. The highest BCUT2D eigenvalue weighted by Gasteiger charge is 2.21. The second-order valence-corrected chi connectivity index (χ2v) is 5.06. The first kappa shape index (κ1) is 19.2. The molecule has 0 aromatic rings. The summed E-state index contributed by atoms with van der Waals surface area (Å²) in [6.45, 7) is 8.15. The third-order valence-corrected chi connectivity index (χ3v) is 2.57. The van der Waals surface area contributed by atoms with E-state index < -0.39 is 12.1 Å². The van der Waals surface area contributed by atoms with Crippen LogP contribution in [0.2, 0.25) is 0 Å². The molecule has 0 rings (SSSR count). The number of carbonyl (C=O) groups is 2. The fourth-order valence-electron chi connectivity index (χ4n) is 1.58. The molecule has 0 unspecified atom stereocenters. The lowest BCUT2D eigenvalue weighted by Gasteiger charge is -2.18. The molecule has 0 fully saturated rings. The molecule has 2 amide bonds. The maximum Gasteiger partial charge on any atom is 0.408 e. The van der Waals surface area contributed by atoms with Gasteiger partial charge < -0.3 is 21.1 Å². The average Bonchev–Trinajstić information content (AvgIpc) is 2.43. The molecule has 0 radical (unpaired) electrons. The molecule has 0 aliphatic carbocycles. The number of nitrogens with one attached hydrogen (secondary N) is 2. The third kappa shape index (κ3) is 10.6. The lowest BCUT2D eigenvalue weighted by molar-refractivity contribution is -0.122. The lowest BCUT2D eigenvalue weighted by atomic mass is 10.0. The van der Waals surface area contributed by atoms with Crippen molar-refractivity contribution in [3.8, 4) is 0 Å². The summed E-state index contributed by atoms with van der Waals surface area (Å²) in [4.78, 5) is 23.6. The van der Waals surface area contributed by atoms with Gasteiger partial charge in [0.15, 0.2) is 0 Å². The molecule has 4 N–H and O–H groups in total. The molecule has 6 nitrogen and oxygen atoms in total. The molecule has 0 saturated heterocycles. The topological polar surface area (TPSA) is 93.4 Å². The van der Waals surface area contributed by atoms with E-state index in [4.69, 9.17) is 10.5 Å². The highest BCUT2D eigenvalue weighted by atomic mass is 16.5. The van der Waals surface area contributed by atoms with Crippen LogP contribution in [0.1, 0.15) is 33.1 Å². The molecule has 0 aliphatic heterocycles. The fourth-order valence-corrected chi connectivity index (χ4v) is 1.58. The highest BCUT2D eigenvalue weighted by molar-refractivity contribution is 5.86. The van der Waals surface area contributed by atoms with Crippen LogP contribution in [0, 0.1) is 5.92 Å². The van der Waals surface area contributed by atoms with Crippen molar-refractivity contribution in [2.45, 2.75) is 39.2 Å². The first-order chi connectivity index (χ1) is 10.0. The summed E-state index contributed by atoms with van der Waals surface area (Å²) >= 11 is 0. The molecule has 6 heteroatoms. The Morgan fingerprint density at radius 2 is 2.10 bits per heavy atom. The number of carbonyl (C=O) groups excluding carboxylic acids is 2. The van der Waals surface area contributed by atoms with Crippen LogP contribution in [0.5, 0.6) is 0 Å². The lowest BCUT2D eigenvalue weighted by Crippen LogP contribution is -2.46. The van der Waals surface area contributed by atoms with Crippen LogP contribution in [-0.2, 0) is 9.53 Å². The number of unbranched alkanes of at least 4 members (excludes halogenated alkanes) is 1. The second kappa shape index (κ2) is 12.0. The standard InChI is InChI=1S/C15H27N3O3/c1-4-10-21-15(20)18-13(11-12(2)3)14(19)17-9-7-5-6-8-16/h4,7,9,12-13H,1,5-6,8,10-11,16H2,2-3H3,(H,17,19)(H,18,20)/b9-7+/t13-/m1/s1. The van der Waals surface area contributed by atoms with Crippen molar-refractivity contribution < 1.29 is 14.3 Å². The van der Waals surface area contributed by atoms with Crippen LogP contribution in [0.3, 0.4) is 0 Å². The maximum absolute atomic E-state index is 12.0. The normalized spacial score (nSPS) is 12.2. The molecule has 0 saturated carbocycles. The summed E-state index contributed by atoms with van der Waals surface area (Å²) in [5.74, 6) is 0.00456. The first-order valence-electron chi connectivity index (χ1n) is 7.20. The van der Waals surface area contributed by atoms with Crippen molar-refractivity contribution in [2.75, 3.05) is 13.2 Å². The van der Waals surface area contributed by atoms with Gasteiger partial charge in [-0.3, -0.25) is 4.79 Å². The minimum absolute atomic E-state index is 0.112. The molecule has 0 aromatic heterocycles. The number of alkyl carbamates (subject to hydrolysis) is 1. The molecule has 1 atom stereocenters. The van der Waals surface area contributed by atoms with E-state index in [2.05, 4.69) is 17.2 Å². The van der Waals surface area contributed by atoms with Crippen LogP contribution in [0.4, 0.5) is 4.79 Å². The first-order valence-corrected chi connectivity index (χ1v) is 7.20. The van der Waals surface area contributed by atoms with Gasteiger partial charge in [0.25, 0.3) is 0 Å². The summed E-state index contributed by atoms with van der Waals surface area (Å²) in [7, 11) is 0. The Balaban J connectivity index is 4.37. The van der Waals surface area contributed by atoms with Crippen molar-refractivity contribution >= 4 is 12.0 Å². The van der Waals surface area contributed by atoms with Crippen LogP contribution in [-0.4, -0.2) is 31.2 Å². The van der Waals surface area contributed by atoms with E-state index in [1.54, 1.807) is 6.20 Å². The quantitative estimate of drug-likeness (QED) is 0.422. The van der Waals surface area contributed by atoms with Crippen LogP contribution < -0.4 is 16.4 Å². The van der Waals surface area contributed by atoms with Gasteiger partial charge in [-0.2, -0.15) is 0 Å². The van der Waals surface area contributed by atoms with Gasteiger partial charge in [-0.15, -0.1) is 0 Å². The van der Waals surface area contributed by atoms with Crippen molar-refractivity contribution in [1.82, 2.24) is 10.6 Å². The predicted molar refractivity (Wildman–Crippen MR) is 83.5 cm³/mol. The van der Waals surface area contributed by atoms with E-state index in [1.807, 2.05) is 19.9 Å².